The van der Waals surface area contributed by atoms with Gasteiger partial charge in [0.2, 0.25) is 0 Å². The number of benzene rings is 2. The molecule has 0 atom stereocenters. The maximum absolute atomic E-state index is 13.0. The largest absolute Gasteiger partial charge is 0.587 e. The summed E-state index contributed by atoms with van der Waals surface area (Å²) in [6.45, 7) is 2.55. The van der Waals surface area contributed by atoms with Crippen molar-refractivity contribution in [3.05, 3.63) is 60.7 Å². The Bertz CT molecular complexity index is 585. The van der Waals surface area contributed by atoms with Gasteiger partial charge in [-0.15, -0.1) is 0 Å². The van der Waals surface area contributed by atoms with Crippen LogP contribution in [0.25, 0.3) is 0 Å². The Morgan fingerprint density at radius 1 is 0.720 bits per heavy atom. The molecule has 0 unspecified atom stereocenters. The predicted molar refractivity (Wildman–Crippen MR) is 101 cm³/mol. The molecule has 136 valence electrons. The van der Waals surface area contributed by atoms with Crippen LogP contribution in [0.5, 0.6) is 11.5 Å². The van der Waals surface area contributed by atoms with Crippen molar-refractivity contribution in [2.45, 2.75) is 45.4 Å². The zero-order valence-corrected chi connectivity index (χ0v) is 15.7. The molecule has 5 heteroatoms. The molecule has 0 bridgehead atoms. The third-order valence-corrected chi connectivity index (χ3v) is 5.04. The van der Waals surface area contributed by atoms with Crippen molar-refractivity contribution in [3.8, 4) is 11.5 Å². The molecule has 0 aliphatic heterocycles. The van der Waals surface area contributed by atoms with Crippen LogP contribution >= 0.6 is 7.82 Å². The van der Waals surface area contributed by atoms with E-state index in [9.17, 15) is 4.57 Å². The van der Waals surface area contributed by atoms with Crippen molar-refractivity contribution < 1.29 is 18.1 Å². The molecule has 2 aromatic carbocycles. The van der Waals surface area contributed by atoms with Gasteiger partial charge in [-0.25, -0.2) is 4.57 Å². The van der Waals surface area contributed by atoms with E-state index in [0.717, 1.165) is 12.8 Å². The van der Waals surface area contributed by atoms with Gasteiger partial charge in [0.05, 0.1) is 6.61 Å². The van der Waals surface area contributed by atoms with Crippen LogP contribution in [-0.4, -0.2) is 6.61 Å². The highest BCUT2D eigenvalue weighted by Gasteiger charge is 2.30. The summed E-state index contributed by atoms with van der Waals surface area (Å²) >= 11 is 0. The van der Waals surface area contributed by atoms with Crippen molar-refractivity contribution in [2.75, 3.05) is 6.61 Å². The molecule has 0 aliphatic rings. The first-order chi connectivity index (χ1) is 12.2. The molecule has 0 amide bonds. The minimum atomic E-state index is -3.72. The Morgan fingerprint density at radius 3 is 1.72 bits per heavy atom. The van der Waals surface area contributed by atoms with Gasteiger partial charge in [0, 0.05) is 0 Å². The summed E-state index contributed by atoms with van der Waals surface area (Å²) in [6.07, 6.45) is 6.77. The van der Waals surface area contributed by atoms with Crippen LogP contribution in [0.2, 0.25) is 0 Å². The fourth-order valence-corrected chi connectivity index (χ4v) is 3.61. The molecular formula is C20H27O4P. The molecule has 0 aromatic heterocycles. The smallest absolute Gasteiger partial charge is 0.395 e. The lowest BCUT2D eigenvalue weighted by Crippen LogP contribution is -2.06. The van der Waals surface area contributed by atoms with Crippen LogP contribution in [0, 0.1) is 0 Å². The van der Waals surface area contributed by atoms with Gasteiger partial charge in [0.1, 0.15) is 11.5 Å². The third kappa shape index (κ3) is 7.76. The lowest BCUT2D eigenvalue weighted by Gasteiger charge is -2.19. The molecular weight excluding hydrogens is 335 g/mol. The summed E-state index contributed by atoms with van der Waals surface area (Å²) in [7, 11) is -3.72. The lowest BCUT2D eigenvalue weighted by molar-refractivity contribution is 0.205. The summed E-state index contributed by atoms with van der Waals surface area (Å²) in [4.78, 5) is 0. The summed E-state index contributed by atoms with van der Waals surface area (Å²) in [5, 5.41) is 0. The molecule has 0 heterocycles. The average Bonchev–Trinajstić information content (AvgIpc) is 2.62. The lowest BCUT2D eigenvalue weighted by atomic mass is 10.1. The first kappa shape index (κ1) is 19.6. The standard InChI is InChI=1S/C20H27O4P/c1-2-3-4-5-6-13-18-22-25(21,23-19-14-9-7-10-15-19)24-20-16-11-8-12-17-20/h7-12,14-17H,2-6,13,18H2,1H3. The van der Waals surface area contributed by atoms with Gasteiger partial charge in [0.25, 0.3) is 0 Å². The molecule has 2 aromatic rings. The fraction of sp³-hybridized carbons (Fsp3) is 0.400. The summed E-state index contributed by atoms with van der Waals surface area (Å²) < 4.78 is 29.7. The Labute approximate surface area is 150 Å². The Morgan fingerprint density at radius 2 is 1.20 bits per heavy atom. The van der Waals surface area contributed by atoms with E-state index in [0.29, 0.717) is 18.1 Å². The van der Waals surface area contributed by atoms with Gasteiger partial charge in [0.15, 0.2) is 0 Å². The number of phosphoric acid groups is 1. The quantitative estimate of drug-likeness (QED) is 0.314. The van der Waals surface area contributed by atoms with Gasteiger partial charge >= 0.3 is 7.82 Å². The van der Waals surface area contributed by atoms with E-state index in [4.69, 9.17) is 13.6 Å². The molecule has 0 spiro atoms. The minimum Gasteiger partial charge on any atom is -0.395 e. The Balaban J connectivity index is 1.91. The first-order valence-corrected chi connectivity index (χ1v) is 10.4. The number of hydrogen-bond donors (Lipinski definition) is 0. The van der Waals surface area contributed by atoms with Crippen molar-refractivity contribution in [1.82, 2.24) is 0 Å². The SMILES string of the molecule is CCCCCCCCOP(=O)(Oc1ccccc1)Oc1ccccc1. The molecule has 0 aliphatic carbocycles. The number of phosphoric ester groups is 1. The van der Waals surface area contributed by atoms with E-state index in [-0.39, 0.29) is 0 Å². The summed E-state index contributed by atoms with van der Waals surface area (Å²) in [5.41, 5.74) is 0. The van der Waals surface area contributed by atoms with Gasteiger partial charge in [-0.2, -0.15) is 0 Å². The van der Waals surface area contributed by atoms with Crippen LogP contribution in [0.1, 0.15) is 45.4 Å². The van der Waals surface area contributed by atoms with Gasteiger partial charge in [-0.1, -0.05) is 75.4 Å². The van der Waals surface area contributed by atoms with E-state index in [1.807, 2.05) is 36.4 Å². The summed E-state index contributed by atoms with van der Waals surface area (Å²) in [5.74, 6) is 0.925. The zero-order valence-electron chi connectivity index (χ0n) is 14.8. The van der Waals surface area contributed by atoms with Gasteiger partial charge < -0.3 is 9.05 Å². The first-order valence-electron chi connectivity index (χ1n) is 8.96. The highest BCUT2D eigenvalue weighted by atomic mass is 31.2. The Kier molecular flexibility index (Phi) is 8.58. The molecule has 0 saturated heterocycles. The van der Waals surface area contributed by atoms with Crippen LogP contribution in [-0.2, 0) is 9.09 Å². The van der Waals surface area contributed by atoms with Crippen molar-refractivity contribution in [1.29, 1.82) is 0 Å². The number of rotatable bonds is 12. The maximum atomic E-state index is 13.0. The highest BCUT2D eigenvalue weighted by molar-refractivity contribution is 7.49. The van der Waals surface area contributed by atoms with Crippen LogP contribution in [0.15, 0.2) is 60.7 Å². The van der Waals surface area contributed by atoms with Gasteiger partial charge in [-0.05, 0) is 30.7 Å². The second-order valence-corrected chi connectivity index (χ2v) is 7.37. The molecule has 0 saturated carbocycles. The normalized spacial score (nSPS) is 11.2. The molecule has 25 heavy (non-hydrogen) atoms. The van der Waals surface area contributed by atoms with E-state index in [1.54, 1.807) is 24.3 Å². The molecule has 4 nitrogen and oxygen atoms in total. The third-order valence-electron chi connectivity index (χ3n) is 3.67. The second-order valence-electron chi connectivity index (χ2n) is 5.86. The van der Waals surface area contributed by atoms with E-state index < -0.39 is 7.82 Å². The fourth-order valence-electron chi connectivity index (χ4n) is 2.35. The molecule has 0 N–H and O–H groups in total. The minimum absolute atomic E-state index is 0.350. The van der Waals surface area contributed by atoms with Crippen LogP contribution < -0.4 is 9.05 Å². The van der Waals surface area contributed by atoms with E-state index in [1.165, 1.54) is 25.7 Å². The van der Waals surface area contributed by atoms with Crippen molar-refractivity contribution in [3.63, 3.8) is 0 Å². The monoisotopic (exact) mass is 362 g/mol. The van der Waals surface area contributed by atoms with Crippen molar-refractivity contribution >= 4 is 7.82 Å². The molecule has 0 radical (unpaired) electrons. The number of para-hydroxylation sites is 2. The predicted octanol–water partition coefficient (Wildman–Crippen LogP) is 6.63. The van der Waals surface area contributed by atoms with E-state index >= 15 is 0 Å². The summed E-state index contributed by atoms with van der Waals surface area (Å²) in [6, 6.07) is 17.9. The maximum Gasteiger partial charge on any atom is 0.587 e. The average molecular weight is 362 g/mol. The molecule has 2 rings (SSSR count). The second kappa shape index (κ2) is 11.0. The number of hydrogen-bond acceptors (Lipinski definition) is 4. The van der Waals surface area contributed by atoms with Gasteiger partial charge in [-0.3, -0.25) is 4.52 Å². The van der Waals surface area contributed by atoms with Crippen LogP contribution in [0.3, 0.4) is 0 Å². The highest BCUT2D eigenvalue weighted by Crippen LogP contribution is 2.49. The Hall–Kier alpha value is -1.77. The van der Waals surface area contributed by atoms with Crippen LogP contribution in [0.4, 0.5) is 0 Å². The molecule has 0 fully saturated rings. The van der Waals surface area contributed by atoms with Crippen molar-refractivity contribution in [2.24, 2.45) is 0 Å². The number of unbranched alkanes of at least 4 members (excludes halogenated alkanes) is 5. The van der Waals surface area contributed by atoms with E-state index in [2.05, 4.69) is 6.92 Å². The topological polar surface area (TPSA) is 44.8 Å². The zero-order chi connectivity index (χ0) is 17.8.